The van der Waals surface area contributed by atoms with Gasteiger partial charge in [-0.25, -0.2) is 8.78 Å². The van der Waals surface area contributed by atoms with Crippen molar-refractivity contribution in [3.05, 3.63) is 47.0 Å². The Labute approximate surface area is 151 Å². The maximum absolute atomic E-state index is 14.4. The third kappa shape index (κ3) is 3.28. The van der Waals surface area contributed by atoms with Crippen LogP contribution in [0.25, 0.3) is 0 Å². The van der Waals surface area contributed by atoms with Crippen molar-refractivity contribution in [1.82, 2.24) is 14.8 Å². The number of nitrogens with zero attached hydrogens (tertiary/aromatic N) is 3. The predicted octanol–water partition coefficient (Wildman–Crippen LogP) is 3.69. The maximum atomic E-state index is 14.4. The van der Waals surface area contributed by atoms with Gasteiger partial charge in [-0.2, -0.15) is 0 Å². The lowest BCUT2D eigenvalue weighted by Crippen LogP contribution is -2.27. The van der Waals surface area contributed by atoms with E-state index in [2.05, 4.69) is 10.2 Å². The minimum Gasteiger partial charge on any atom is -0.371 e. The summed E-state index contributed by atoms with van der Waals surface area (Å²) in [4.78, 5) is 11.1. The molecule has 2 atom stereocenters. The lowest BCUT2D eigenvalue weighted by Gasteiger charge is -2.25. The van der Waals surface area contributed by atoms with E-state index < -0.39 is 17.2 Å². The van der Waals surface area contributed by atoms with Gasteiger partial charge in [-0.1, -0.05) is 12.1 Å². The molecule has 0 spiro atoms. The standard InChI is InChI=1S/C19H23F2N3O2/c1-19(2,26-3)18-23-22-17-12(9-10-25)7-8-13(11-24(17)18)14-5-4-6-15(20)16(14)21/h4-6,10,12-13H,7-9,11H2,1-3H3/t12-,13+/m0/s1. The van der Waals surface area contributed by atoms with Gasteiger partial charge in [-0.05, 0) is 38.3 Å². The molecule has 0 fully saturated rings. The Morgan fingerprint density at radius 3 is 2.77 bits per heavy atom. The molecule has 1 aliphatic heterocycles. The quantitative estimate of drug-likeness (QED) is 0.761. The second-order valence-corrected chi connectivity index (χ2v) is 7.22. The van der Waals surface area contributed by atoms with Crippen LogP contribution in [0, 0.1) is 11.6 Å². The molecule has 1 aromatic carbocycles. The van der Waals surface area contributed by atoms with E-state index in [1.54, 1.807) is 13.2 Å². The molecule has 0 N–H and O–H groups in total. The Balaban J connectivity index is 2.07. The van der Waals surface area contributed by atoms with Crippen LogP contribution in [0.4, 0.5) is 8.78 Å². The summed E-state index contributed by atoms with van der Waals surface area (Å²) >= 11 is 0. The highest BCUT2D eigenvalue weighted by atomic mass is 19.2. The van der Waals surface area contributed by atoms with Crippen LogP contribution in [0.2, 0.25) is 0 Å². The van der Waals surface area contributed by atoms with Gasteiger partial charge >= 0.3 is 0 Å². The van der Waals surface area contributed by atoms with Crippen LogP contribution in [0.3, 0.4) is 0 Å². The fraction of sp³-hybridized carbons (Fsp3) is 0.526. The van der Waals surface area contributed by atoms with Crippen molar-refractivity contribution in [3.8, 4) is 0 Å². The summed E-state index contributed by atoms with van der Waals surface area (Å²) in [7, 11) is 1.59. The highest BCUT2D eigenvalue weighted by Crippen LogP contribution is 2.38. The molecule has 2 heterocycles. The van der Waals surface area contributed by atoms with E-state index in [1.807, 2.05) is 18.4 Å². The molecule has 26 heavy (non-hydrogen) atoms. The number of fused-ring (bicyclic) bond motifs is 1. The first-order valence-corrected chi connectivity index (χ1v) is 8.75. The van der Waals surface area contributed by atoms with Crippen molar-refractivity contribution in [1.29, 1.82) is 0 Å². The fourth-order valence-corrected chi connectivity index (χ4v) is 3.61. The number of hydrogen-bond acceptors (Lipinski definition) is 4. The summed E-state index contributed by atoms with van der Waals surface area (Å²) in [6, 6.07) is 4.26. The molecule has 0 amide bonds. The first-order chi connectivity index (χ1) is 12.4. The van der Waals surface area contributed by atoms with E-state index in [4.69, 9.17) is 4.74 Å². The second kappa shape index (κ2) is 7.23. The highest BCUT2D eigenvalue weighted by molar-refractivity contribution is 5.51. The summed E-state index contributed by atoms with van der Waals surface area (Å²) in [5.41, 5.74) is -0.343. The Morgan fingerprint density at radius 2 is 2.08 bits per heavy atom. The lowest BCUT2D eigenvalue weighted by atomic mass is 9.90. The van der Waals surface area contributed by atoms with Crippen molar-refractivity contribution in [2.24, 2.45) is 0 Å². The molecule has 1 aliphatic rings. The Hall–Kier alpha value is -2.15. The summed E-state index contributed by atoms with van der Waals surface area (Å²) in [5.74, 6) is -0.663. The summed E-state index contributed by atoms with van der Waals surface area (Å²) in [6.07, 6.45) is 2.48. The minimum absolute atomic E-state index is 0.0944. The van der Waals surface area contributed by atoms with E-state index in [1.165, 1.54) is 6.07 Å². The van der Waals surface area contributed by atoms with Gasteiger partial charge in [0.05, 0.1) is 0 Å². The highest BCUT2D eigenvalue weighted by Gasteiger charge is 2.34. The van der Waals surface area contributed by atoms with Crippen molar-refractivity contribution in [3.63, 3.8) is 0 Å². The monoisotopic (exact) mass is 363 g/mol. The zero-order valence-corrected chi connectivity index (χ0v) is 15.2. The van der Waals surface area contributed by atoms with E-state index >= 15 is 0 Å². The number of carbonyl (C=O) groups is 1. The van der Waals surface area contributed by atoms with Crippen LogP contribution in [0.5, 0.6) is 0 Å². The molecule has 5 nitrogen and oxygen atoms in total. The number of aromatic nitrogens is 3. The second-order valence-electron chi connectivity index (χ2n) is 7.22. The van der Waals surface area contributed by atoms with Gasteiger partial charge in [0.1, 0.15) is 17.7 Å². The van der Waals surface area contributed by atoms with E-state index in [0.29, 0.717) is 43.0 Å². The predicted molar refractivity (Wildman–Crippen MR) is 91.8 cm³/mol. The maximum Gasteiger partial charge on any atom is 0.164 e. The Bertz CT molecular complexity index is 804. The lowest BCUT2D eigenvalue weighted by molar-refractivity contribution is -0.108. The van der Waals surface area contributed by atoms with Gasteiger partial charge in [-0.3, -0.25) is 0 Å². The molecule has 0 aliphatic carbocycles. The molecule has 7 heteroatoms. The van der Waals surface area contributed by atoms with Crippen LogP contribution in [-0.4, -0.2) is 28.2 Å². The molecule has 140 valence electrons. The SMILES string of the molecule is COC(C)(C)c1nnc2n1C[C@H](c1cccc(F)c1F)CC[C@H]2CC=O. The number of aldehydes is 1. The van der Waals surface area contributed by atoms with Crippen molar-refractivity contribution in [2.45, 2.75) is 57.1 Å². The Morgan fingerprint density at radius 1 is 1.31 bits per heavy atom. The molecule has 0 bridgehead atoms. The summed E-state index contributed by atoms with van der Waals surface area (Å²) in [5, 5.41) is 8.59. The first-order valence-electron chi connectivity index (χ1n) is 8.75. The molecular weight excluding hydrogens is 340 g/mol. The average molecular weight is 363 g/mol. The van der Waals surface area contributed by atoms with E-state index in [-0.39, 0.29) is 11.8 Å². The van der Waals surface area contributed by atoms with Crippen LogP contribution in [0.15, 0.2) is 18.2 Å². The molecule has 3 rings (SSSR count). The number of ether oxygens (including phenoxy) is 1. The van der Waals surface area contributed by atoms with Crippen LogP contribution >= 0.6 is 0 Å². The number of halogens is 2. The van der Waals surface area contributed by atoms with Gasteiger partial charge in [0.2, 0.25) is 0 Å². The third-order valence-electron chi connectivity index (χ3n) is 5.26. The van der Waals surface area contributed by atoms with E-state index in [0.717, 1.165) is 12.4 Å². The number of benzene rings is 1. The number of rotatable bonds is 5. The summed E-state index contributed by atoms with van der Waals surface area (Å²) < 4.78 is 35.5. The van der Waals surface area contributed by atoms with E-state index in [9.17, 15) is 13.6 Å². The molecule has 0 saturated heterocycles. The van der Waals surface area contributed by atoms with Gasteiger partial charge in [0.25, 0.3) is 0 Å². The summed E-state index contributed by atoms with van der Waals surface area (Å²) in [6.45, 7) is 4.17. The smallest absolute Gasteiger partial charge is 0.164 e. The topological polar surface area (TPSA) is 57.0 Å². The molecule has 0 saturated carbocycles. The van der Waals surface area contributed by atoms with Gasteiger partial charge in [0, 0.05) is 31.9 Å². The molecule has 0 radical (unpaired) electrons. The Kier molecular flexibility index (Phi) is 5.18. The molecular formula is C19H23F2N3O2. The van der Waals surface area contributed by atoms with Crippen LogP contribution in [-0.2, 0) is 21.7 Å². The van der Waals surface area contributed by atoms with Crippen molar-refractivity contribution in [2.75, 3.05) is 7.11 Å². The number of hydrogen-bond donors (Lipinski definition) is 0. The normalized spacial score (nSPS) is 20.5. The van der Waals surface area contributed by atoms with Crippen molar-refractivity contribution >= 4 is 6.29 Å². The molecule has 2 aromatic rings. The third-order valence-corrected chi connectivity index (χ3v) is 5.26. The number of methoxy groups -OCH3 is 1. The molecule has 1 aromatic heterocycles. The minimum atomic E-state index is -0.849. The fourth-order valence-electron chi connectivity index (χ4n) is 3.61. The molecule has 0 unspecified atom stereocenters. The van der Waals surface area contributed by atoms with Gasteiger partial charge in [0.15, 0.2) is 17.5 Å². The van der Waals surface area contributed by atoms with Crippen LogP contribution in [0.1, 0.15) is 62.2 Å². The van der Waals surface area contributed by atoms with Crippen molar-refractivity contribution < 1.29 is 18.3 Å². The zero-order chi connectivity index (χ0) is 18.9. The van der Waals surface area contributed by atoms with Gasteiger partial charge in [-0.15, -0.1) is 10.2 Å². The zero-order valence-electron chi connectivity index (χ0n) is 15.2. The van der Waals surface area contributed by atoms with Crippen LogP contribution < -0.4 is 0 Å². The van der Waals surface area contributed by atoms with Gasteiger partial charge < -0.3 is 14.1 Å². The first kappa shape index (κ1) is 18.6. The average Bonchev–Trinajstić information content (AvgIpc) is 2.96. The number of carbonyl (C=O) groups excluding carboxylic acids is 1. The largest absolute Gasteiger partial charge is 0.371 e.